The lowest BCUT2D eigenvalue weighted by Gasteiger charge is -2.04. The molecule has 1 heterocycles. The van der Waals surface area contributed by atoms with Gasteiger partial charge in [0, 0.05) is 20.4 Å². The lowest BCUT2D eigenvalue weighted by molar-refractivity contribution is 0.471. The van der Waals surface area contributed by atoms with Crippen LogP contribution in [0.25, 0.3) is 22.2 Å². The summed E-state index contributed by atoms with van der Waals surface area (Å²) in [5, 5.41) is 11.4. The van der Waals surface area contributed by atoms with Crippen LogP contribution in [0.2, 0.25) is 5.02 Å². The molecule has 1 aromatic heterocycles. The number of aromatic amines is 1. The molecule has 0 bridgehead atoms. The van der Waals surface area contributed by atoms with E-state index in [0.717, 1.165) is 10.9 Å². The Bertz CT molecular complexity index is 761. The molecule has 0 aliphatic carbocycles. The van der Waals surface area contributed by atoms with E-state index in [4.69, 9.17) is 11.6 Å². The maximum atomic E-state index is 14.0. The van der Waals surface area contributed by atoms with Crippen molar-refractivity contribution in [1.29, 1.82) is 0 Å². The topological polar surface area (TPSA) is 36.0 Å². The Morgan fingerprint density at radius 1 is 1.16 bits per heavy atom. The first-order chi connectivity index (χ1) is 9.04. The number of aromatic hydroxyl groups is 1. The zero-order valence-electron chi connectivity index (χ0n) is 9.55. The van der Waals surface area contributed by atoms with Crippen molar-refractivity contribution in [3.05, 3.63) is 51.7 Å². The summed E-state index contributed by atoms with van der Waals surface area (Å²) < 4.78 is 14.5. The predicted molar refractivity (Wildman–Crippen MR) is 78.1 cm³/mol. The fraction of sp³-hybridized carbons (Fsp3) is 0. The zero-order valence-corrected chi connectivity index (χ0v) is 11.9. The maximum absolute atomic E-state index is 14.0. The van der Waals surface area contributed by atoms with Crippen molar-refractivity contribution < 1.29 is 9.50 Å². The van der Waals surface area contributed by atoms with E-state index in [1.54, 1.807) is 18.2 Å². The summed E-state index contributed by atoms with van der Waals surface area (Å²) in [5.74, 6) is -0.617. The van der Waals surface area contributed by atoms with Gasteiger partial charge in [-0.15, -0.1) is 0 Å². The van der Waals surface area contributed by atoms with E-state index in [9.17, 15) is 9.50 Å². The van der Waals surface area contributed by atoms with Crippen LogP contribution in [0.15, 0.2) is 40.9 Å². The number of benzene rings is 2. The summed E-state index contributed by atoms with van der Waals surface area (Å²) in [4.78, 5) is 3.07. The predicted octanol–water partition coefficient (Wildman–Crippen LogP) is 5.10. The Morgan fingerprint density at radius 3 is 2.68 bits per heavy atom. The molecule has 19 heavy (non-hydrogen) atoms. The third-order valence-corrected chi connectivity index (χ3v) is 3.58. The average molecular weight is 341 g/mol. The molecule has 0 aliphatic rings. The van der Waals surface area contributed by atoms with Crippen molar-refractivity contribution in [3.8, 4) is 17.0 Å². The largest absolute Gasteiger partial charge is 0.507 e. The molecule has 0 spiro atoms. The quantitative estimate of drug-likeness (QED) is 0.635. The Labute approximate surface area is 122 Å². The molecule has 2 aromatic carbocycles. The number of phenolic OH excluding ortho intramolecular Hbond substituents is 1. The molecule has 3 aromatic rings. The number of hydrogen-bond acceptors (Lipinski definition) is 1. The molecule has 0 aliphatic heterocycles. The van der Waals surface area contributed by atoms with Gasteiger partial charge in [0.25, 0.3) is 0 Å². The van der Waals surface area contributed by atoms with Crippen molar-refractivity contribution >= 4 is 38.4 Å². The Kier molecular flexibility index (Phi) is 2.99. The van der Waals surface area contributed by atoms with E-state index < -0.39 is 5.82 Å². The van der Waals surface area contributed by atoms with Crippen LogP contribution in [0, 0.1) is 5.82 Å². The molecule has 2 N–H and O–H groups in total. The van der Waals surface area contributed by atoms with Crippen LogP contribution >= 0.6 is 27.5 Å². The van der Waals surface area contributed by atoms with E-state index in [1.165, 1.54) is 12.1 Å². The van der Waals surface area contributed by atoms with Gasteiger partial charge in [-0.3, -0.25) is 0 Å². The molecule has 0 atom stereocenters. The summed E-state index contributed by atoms with van der Waals surface area (Å²) in [7, 11) is 0. The molecule has 0 amide bonds. The highest BCUT2D eigenvalue weighted by atomic mass is 79.9. The molecule has 3 rings (SSSR count). The molecule has 0 radical (unpaired) electrons. The number of nitrogens with one attached hydrogen (secondary N) is 1. The molecule has 0 unspecified atom stereocenters. The van der Waals surface area contributed by atoms with Gasteiger partial charge in [0.15, 0.2) is 0 Å². The minimum absolute atomic E-state index is 0.121. The highest BCUT2D eigenvalue weighted by Gasteiger charge is 2.14. The van der Waals surface area contributed by atoms with Gasteiger partial charge in [0.1, 0.15) is 11.6 Å². The normalized spacial score (nSPS) is 11.1. The van der Waals surface area contributed by atoms with Crippen molar-refractivity contribution in [1.82, 2.24) is 4.98 Å². The summed E-state index contributed by atoms with van der Waals surface area (Å²) >= 11 is 9.05. The van der Waals surface area contributed by atoms with Gasteiger partial charge in [-0.05, 0) is 36.4 Å². The number of phenols is 1. The van der Waals surface area contributed by atoms with Crippen molar-refractivity contribution in [2.75, 3.05) is 0 Å². The van der Waals surface area contributed by atoms with E-state index in [0.29, 0.717) is 15.2 Å². The highest BCUT2D eigenvalue weighted by molar-refractivity contribution is 9.10. The second-order valence-corrected chi connectivity index (χ2v) is 5.55. The fourth-order valence-corrected chi connectivity index (χ4v) is 2.66. The summed E-state index contributed by atoms with van der Waals surface area (Å²) in [5.41, 5.74) is 1.50. The smallest absolute Gasteiger partial charge is 0.137 e. The number of H-pyrrole nitrogens is 1. The first kappa shape index (κ1) is 12.5. The Balaban J connectivity index is 2.24. The standard InChI is InChI=1S/C14H8BrClFNO/c15-8-5-10(17)14(13(19)6-8)12-4-7-3-9(16)1-2-11(7)18-12/h1-6,18-19H. The summed E-state index contributed by atoms with van der Waals surface area (Å²) in [6, 6.07) is 9.87. The number of aromatic nitrogens is 1. The Morgan fingerprint density at radius 2 is 1.95 bits per heavy atom. The van der Waals surface area contributed by atoms with Gasteiger partial charge in [-0.1, -0.05) is 27.5 Å². The summed E-state index contributed by atoms with van der Waals surface area (Å²) in [6.07, 6.45) is 0. The van der Waals surface area contributed by atoms with Crippen LogP contribution in [0.1, 0.15) is 0 Å². The van der Waals surface area contributed by atoms with Crippen LogP contribution in [0.3, 0.4) is 0 Å². The fourth-order valence-electron chi connectivity index (χ4n) is 2.06. The molecular weight excluding hydrogens is 333 g/mol. The molecular formula is C14H8BrClFNO. The summed E-state index contributed by atoms with van der Waals surface area (Å²) in [6.45, 7) is 0. The zero-order chi connectivity index (χ0) is 13.6. The van der Waals surface area contributed by atoms with Crippen LogP contribution < -0.4 is 0 Å². The van der Waals surface area contributed by atoms with E-state index >= 15 is 0 Å². The first-order valence-corrected chi connectivity index (χ1v) is 6.68. The average Bonchev–Trinajstić information content (AvgIpc) is 2.69. The second-order valence-electron chi connectivity index (χ2n) is 4.20. The number of fused-ring (bicyclic) bond motifs is 1. The minimum atomic E-state index is -0.496. The van der Waals surface area contributed by atoms with Gasteiger partial charge in [0.05, 0.1) is 11.3 Å². The lowest BCUT2D eigenvalue weighted by Crippen LogP contribution is -1.86. The van der Waals surface area contributed by atoms with Gasteiger partial charge < -0.3 is 10.1 Å². The Hall–Kier alpha value is -1.52. The molecule has 96 valence electrons. The molecule has 2 nitrogen and oxygen atoms in total. The van der Waals surface area contributed by atoms with Crippen LogP contribution in [0.5, 0.6) is 5.75 Å². The van der Waals surface area contributed by atoms with Gasteiger partial charge in [-0.2, -0.15) is 0 Å². The minimum Gasteiger partial charge on any atom is -0.507 e. The number of rotatable bonds is 1. The van der Waals surface area contributed by atoms with Crippen LogP contribution in [-0.4, -0.2) is 10.1 Å². The van der Waals surface area contributed by atoms with Crippen molar-refractivity contribution in [2.24, 2.45) is 0 Å². The third-order valence-electron chi connectivity index (χ3n) is 2.89. The number of halogens is 3. The van der Waals surface area contributed by atoms with E-state index in [-0.39, 0.29) is 11.3 Å². The lowest BCUT2D eigenvalue weighted by atomic mass is 10.1. The van der Waals surface area contributed by atoms with Gasteiger partial charge in [0.2, 0.25) is 0 Å². The van der Waals surface area contributed by atoms with Crippen LogP contribution in [0.4, 0.5) is 4.39 Å². The molecule has 0 fully saturated rings. The van der Waals surface area contributed by atoms with Gasteiger partial charge >= 0.3 is 0 Å². The second kappa shape index (κ2) is 4.54. The molecule has 0 saturated carbocycles. The third kappa shape index (κ3) is 2.22. The monoisotopic (exact) mass is 339 g/mol. The molecule has 5 heteroatoms. The van der Waals surface area contributed by atoms with E-state index in [1.807, 2.05) is 6.07 Å². The number of hydrogen-bond donors (Lipinski definition) is 2. The van der Waals surface area contributed by atoms with Crippen molar-refractivity contribution in [3.63, 3.8) is 0 Å². The first-order valence-electron chi connectivity index (χ1n) is 5.51. The van der Waals surface area contributed by atoms with Crippen LogP contribution in [-0.2, 0) is 0 Å². The SMILES string of the molecule is Oc1cc(Br)cc(F)c1-c1cc2cc(Cl)ccc2[nH]1. The van der Waals surface area contributed by atoms with E-state index in [2.05, 4.69) is 20.9 Å². The van der Waals surface area contributed by atoms with Crippen molar-refractivity contribution in [2.45, 2.75) is 0 Å². The maximum Gasteiger partial charge on any atom is 0.137 e. The van der Waals surface area contributed by atoms with Gasteiger partial charge in [-0.25, -0.2) is 4.39 Å². The highest BCUT2D eigenvalue weighted by Crippen LogP contribution is 2.35. The molecule has 0 saturated heterocycles.